The van der Waals surface area contributed by atoms with Crippen molar-refractivity contribution in [2.24, 2.45) is 11.8 Å². The standard InChI is InChI=1S/C17H27NOS/c1-16(2,3)14-11-20-15(18-14)10-17(19)8-4-5-13(9-17)12-6-7-12/h11-13,19H,4-10H2,1-3H3. The lowest BCUT2D eigenvalue weighted by Gasteiger charge is -2.36. The van der Waals surface area contributed by atoms with Crippen molar-refractivity contribution in [3.63, 3.8) is 0 Å². The van der Waals surface area contributed by atoms with Crippen LogP contribution in [0.2, 0.25) is 0 Å². The lowest BCUT2D eigenvalue weighted by Crippen LogP contribution is -2.38. The molecule has 3 heteroatoms. The molecule has 1 N–H and O–H groups in total. The smallest absolute Gasteiger partial charge is 0.0957 e. The number of hydrogen-bond donors (Lipinski definition) is 1. The Bertz CT molecular complexity index is 472. The quantitative estimate of drug-likeness (QED) is 0.900. The van der Waals surface area contributed by atoms with Crippen molar-refractivity contribution in [3.05, 3.63) is 16.1 Å². The van der Waals surface area contributed by atoms with Crippen LogP contribution in [-0.4, -0.2) is 15.7 Å². The van der Waals surface area contributed by atoms with Gasteiger partial charge in [0.05, 0.1) is 16.3 Å². The van der Waals surface area contributed by atoms with Gasteiger partial charge in [-0.05, 0) is 43.9 Å². The molecule has 2 saturated carbocycles. The average molecular weight is 293 g/mol. The highest BCUT2D eigenvalue weighted by atomic mass is 32.1. The Hall–Kier alpha value is -0.410. The van der Waals surface area contributed by atoms with E-state index >= 15 is 0 Å². The maximum atomic E-state index is 11.0. The van der Waals surface area contributed by atoms with Crippen LogP contribution in [0.25, 0.3) is 0 Å². The van der Waals surface area contributed by atoms with Crippen LogP contribution in [0, 0.1) is 11.8 Å². The zero-order valence-electron chi connectivity index (χ0n) is 13.0. The number of thiazole rings is 1. The Morgan fingerprint density at radius 2 is 2.05 bits per heavy atom. The van der Waals surface area contributed by atoms with E-state index < -0.39 is 5.60 Å². The molecule has 2 unspecified atom stereocenters. The van der Waals surface area contributed by atoms with E-state index in [-0.39, 0.29) is 5.41 Å². The normalized spacial score (nSPS) is 31.5. The number of rotatable bonds is 3. The van der Waals surface area contributed by atoms with Gasteiger partial charge in [-0.15, -0.1) is 11.3 Å². The molecule has 0 radical (unpaired) electrons. The lowest BCUT2D eigenvalue weighted by atomic mass is 9.74. The molecule has 1 aromatic heterocycles. The second kappa shape index (κ2) is 5.10. The summed E-state index contributed by atoms with van der Waals surface area (Å²) in [5, 5.41) is 14.2. The molecule has 0 aromatic carbocycles. The highest BCUT2D eigenvalue weighted by Crippen LogP contribution is 2.47. The summed E-state index contributed by atoms with van der Waals surface area (Å²) in [4.78, 5) is 4.76. The molecule has 1 heterocycles. The molecule has 1 aromatic rings. The summed E-state index contributed by atoms with van der Waals surface area (Å²) in [6.45, 7) is 6.60. The summed E-state index contributed by atoms with van der Waals surface area (Å²) in [5.41, 5.74) is 0.787. The highest BCUT2D eigenvalue weighted by molar-refractivity contribution is 7.09. The van der Waals surface area contributed by atoms with Crippen molar-refractivity contribution < 1.29 is 5.11 Å². The van der Waals surface area contributed by atoms with Gasteiger partial charge in [-0.2, -0.15) is 0 Å². The van der Waals surface area contributed by atoms with Crippen molar-refractivity contribution in [1.82, 2.24) is 4.98 Å². The zero-order chi connectivity index (χ0) is 14.4. The van der Waals surface area contributed by atoms with Crippen LogP contribution in [0.4, 0.5) is 0 Å². The fraction of sp³-hybridized carbons (Fsp3) is 0.824. The first-order valence-corrected chi connectivity index (χ1v) is 8.91. The summed E-state index contributed by atoms with van der Waals surface area (Å²) in [6, 6.07) is 0. The molecule has 2 aliphatic rings. The van der Waals surface area contributed by atoms with E-state index in [1.807, 2.05) is 0 Å². The first kappa shape index (κ1) is 14.5. The Labute approximate surface area is 126 Å². The molecule has 0 saturated heterocycles. The average Bonchev–Trinajstić information content (AvgIpc) is 3.09. The number of hydrogen-bond acceptors (Lipinski definition) is 3. The predicted octanol–water partition coefficient (Wildman–Crippen LogP) is 4.31. The first-order valence-electron chi connectivity index (χ1n) is 8.03. The highest BCUT2D eigenvalue weighted by Gasteiger charge is 2.41. The van der Waals surface area contributed by atoms with Gasteiger partial charge in [0.1, 0.15) is 0 Å². The van der Waals surface area contributed by atoms with E-state index in [0.717, 1.165) is 41.8 Å². The third-order valence-corrected chi connectivity index (χ3v) is 5.80. The molecule has 2 atom stereocenters. The summed E-state index contributed by atoms with van der Waals surface area (Å²) < 4.78 is 0. The van der Waals surface area contributed by atoms with Crippen molar-refractivity contribution >= 4 is 11.3 Å². The Balaban J connectivity index is 1.67. The van der Waals surface area contributed by atoms with Gasteiger partial charge in [-0.1, -0.05) is 27.2 Å². The summed E-state index contributed by atoms with van der Waals surface area (Å²) in [5.74, 6) is 1.69. The van der Waals surface area contributed by atoms with E-state index in [1.165, 1.54) is 25.7 Å². The summed E-state index contributed by atoms with van der Waals surface area (Å²) >= 11 is 1.72. The van der Waals surface area contributed by atoms with Crippen molar-refractivity contribution in [1.29, 1.82) is 0 Å². The Kier molecular flexibility index (Phi) is 3.70. The third-order valence-electron chi connectivity index (χ3n) is 4.95. The lowest BCUT2D eigenvalue weighted by molar-refractivity contribution is -0.0196. The minimum atomic E-state index is -0.488. The molecule has 112 valence electrons. The van der Waals surface area contributed by atoms with Gasteiger partial charge in [0.15, 0.2) is 0 Å². The van der Waals surface area contributed by atoms with E-state index in [0.29, 0.717) is 0 Å². The molecular formula is C17H27NOS. The predicted molar refractivity (Wildman–Crippen MR) is 84.1 cm³/mol. The molecule has 2 fully saturated rings. The fourth-order valence-corrected chi connectivity index (χ4v) is 4.69. The molecule has 20 heavy (non-hydrogen) atoms. The zero-order valence-corrected chi connectivity index (χ0v) is 13.8. The SMILES string of the molecule is CC(C)(C)c1csc(CC2(O)CCCC(C3CC3)C2)n1. The molecular weight excluding hydrogens is 266 g/mol. The Morgan fingerprint density at radius 3 is 2.65 bits per heavy atom. The minimum absolute atomic E-state index is 0.112. The van der Waals surface area contributed by atoms with Gasteiger partial charge >= 0.3 is 0 Å². The molecule has 2 aliphatic carbocycles. The van der Waals surface area contributed by atoms with E-state index in [4.69, 9.17) is 4.98 Å². The van der Waals surface area contributed by atoms with E-state index in [2.05, 4.69) is 26.2 Å². The van der Waals surface area contributed by atoms with Crippen LogP contribution in [-0.2, 0) is 11.8 Å². The van der Waals surface area contributed by atoms with Crippen LogP contribution in [0.3, 0.4) is 0 Å². The molecule has 0 amide bonds. The Morgan fingerprint density at radius 1 is 1.30 bits per heavy atom. The van der Waals surface area contributed by atoms with Crippen LogP contribution in [0.1, 0.15) is 70.0 Å². The van der Waals surface area contributed by atoms with Crippen molar-refractivity contribution in [2.75, 3.05) is 0 Å². The summed E-state index contributed by atoms with van der Waals surface area (Å²) in [6.07, 6.45) is 8.03. The van der Waals surface area contributed by atoms with Crippen LogP contribution in [0.5, 0.6) is 0 Å². The fourth-order valence-electron chi connectivity index (χ4n) is 3.53. The van der Waals surface area contributed by atoms with Crippen molar-refractivity contribution in [2.45, 2.75) is 76.7 Å². The van der Waals surface area contributed by atoms with Gasteiger partial charge in [0, 0.05) is 17.2 Å². The third kappa shape index (κ3) is 3.25. The van der Waals surface area contributed by atoms with E-state index in [1.54, 1.807) is 11.3 Å². The molecule has 2 nitrogen and oxygen atoms in total. The maximum absolute atomic E-state index is 11.0. The summed E-state index contributed by atoms with van der Waals surface area (Å²) in [7, 11) is 0. The molecule has 3 rings (SSSR count). The minimum Gasteiger partial charge on any atom is -0.389 e. The van der Waals surface area contributed by atoms with Gasteiger partial charge < -0.3 is 5.11 Å². The second-order valence-electron chi connectivity index (χ2n) is 7.97. The molecule has 0 aliphatic heterocycles. The first-order chi connectivity index (χ1) is 9.36. The van der Waals surface area contributed by atoms with Gasteiger partial charge in [0.25, 0.3) is 0 Å². The van der Waals surface area contributed by atoms with Crippen LogP contribution < -0.4 is 0 Å². The topological polar surface area (TPSA) is 33.1 Å². The second-order valence-corrected chi connectivity index (χ2v) is 8.91. The van der Waals surface area contributed by atoms with Gasteiger partial charge in [0.2, 0.25) is 0 Å². The largest absolute Gasteiger partial charge is 0.389 e. The van der Waals surface area contributed by atoms with Gasteiger partial charge in [-0.25, -0.2) is 4.98 Å². The van der Waals surface area contributed by atoms with Gasteiger partial charge in [-0.3, -0.25) is 0 Å². The van der Waals surface area contributed by atoms with E-state index in [9.17, 15) is 5.11 Å². The molecule has 0 bridgehead atoms. The van der Waals surface area contributed by atoms with Crippen molar-refractivity contribution in [3.8, 4) is 0 Å². The monoisotopic (exact) mass is 293 g/mol. The molecule has 0 spiro atoms. The number of aromatic nitrogens is 1. The van der Waals surface area contributed by atoms with Crippen LogP contribution in [0.15, 0.2) is 5.38 Å². The number of aliphatic hydroxyl groups is 1. The van der Waals surface area contributed by atoms with Crippen LogP contribution >= 0.6 is 11.3 Å². The number of nitrogens with zero attached hydrogens (tertiary/aromatic N) is 1. The maximum Gasteiger partial charge on any atom is 0.0957 e.